The smallest absolute Gasteiger partial charge is 0.327 e. The minimum absolute atomic E-state index is 0.122. The normalized spacial score (nSPS) is 17.9. The summed E-state index contributed by atoms with van der Waals surface area (Å²) in [5.41, 5.74) is 0. The standard InChI is InChI=1S/C14H17ClO4S/c1-2-19-13(16)14(9-3-4-10-14)20(17,18)12-7-5-11(15)6-8-12/h5-8H,2-4,9-10H2,1H3. The first-order chi connectivity index (χ1) is 9.44. The van der Waals surface area contributed by atoms with Crippen LogP contribution < -0.4 is 0 Å². The van der Waals surface area contributed by atoms with E-state index in [0.29, 0.717) is 30.7 Å². The van der Waals surface area contributed by atoms with Crippen molar-refractivity contribution in [3.63, 3.8) is 0 Å². The SMILES string of the molecule is CCOC(=O)C1(S(=O)(=O)c2ccc(Cl)cc2)CCCC1. The Morgan fingerprint density at radius 1 is 1.25 bits per heavy atom. The molecule has 0 aromatic heterocycles. The number of rotatable bonds is 4. The van der Waals surface area contributed by atoms with Crippen LogP contribution >= 0.6 is 11.6 Å². The van der Waals surface area contributed by atoms with Gasteiger partial charge >= 0.3 is 5.97 Å². The van der Waals surface area contributed by atoms with E-state index in [1.54, 1.807) is 6.92 Å². The minimum Gasteiger partial charge on any atom is -0.465 e. The molecule has 0 heterocycles. The molecule has 1 aliphatic rings. The summed E-state index contributed by atoms with van der Waals surface area (Å²) in [4.78, 5) is 12.3. The Morgan fingerprint density at radius 3 is 2.30 bits per heavy atom. The Hall–Kier alpha value is -1.07. The van der Waals surface area contributed by atoms with Gasteiger partial charge in [0.15, 0.2) is 14.6 Å². The van der Waals surface area contributed by atoms with Gasteiger partial charge in [-0.2, -0.15) is 0 Å². The number of hydrogen-bond donors (Lipinski definition) is 0. The highest BCUT2D eigenvalue weighted by Crippen LogP contribution is 2.41. The first kappa shape index (κ1) is 15.3. The first-order valence-corrected chi connectivity index (χ1v) is 8.47. The lowest BCUT2D eigenvalue weighted by Gasteiger charge is -2.26. The zero-order chi connectivity index (χ0) is 14.8. The fourth-order valence-electron chi connectivity index (χ4n) is 2.63. The minimum atomic E-state index is -3.77. The molecule has 0 amide bonds. The molecule has 6 heteroatoms. The van der Waals surface area contributed by atoms with E-state index in [-0.39, 0.29) is 11.5 Å². The topological polar surface area (TPSA) is 60.4 Å². The van der Waals surface area contributed by atoms with Gasteiger partial charge in [0.2, 0.25) is 0 Å². The van der Waals surface area contributed by atoms with Crippen molar-refractivity contribution in [3.8, 4) is 0 Å². The van der Waals surface area contributed by atoms with Gasteiger partial charge in [-0.15, -0.1) is 0 Å². The highest BCUT2D eigenvalue weighted by atomic mass is 35.5. The summed E-state index contributed by atoms with van der Waals surface area (Å²) in [6.07, 6.45) is 2.06. The molecule has 0 saturated heterocycles. The van der Waals surface area contributed by atoms with Crippen LogP contribution in [0.15, 0.2) is 29.2 Å². The number of ether oxygens (including phenoxy) is 1. The van der Waals surface area contributed by atoms with Crippen LogP contribution in [0.4, 0.5) is 0 Å². The molecule has 1 saturated carbocycles. The highest BCUT2D eigenvalue weighted by Gasteiger charge is 2.54. The molecule has 1 aromatic carbocycles. The summed E-state index contributed by atoms with van der Waals surface area (Å²) < 4.78 is 29.3. The molecule has 2 rings (SSSR count). The molecule has 0 radical (unpaired) electrons. The molecule has 20 heavy (non-hydrogen) atoms. The molecule has 0 atom stereocenters. The predicted molar refractivity (Wildman–Crippen MR) is 76.5 cm³/mol. The summed E-state index contributed by atoms with van der Waals surface area (Å²) in [6, 6.07) is 5.92. The molecule has 0 aliphatic heterocycles. The third-order valence-corrected chi connectivity index (χ3v) is 6.45. The molecular formula is C14H17ClO4S. The van der Waals surface area contributed by atoms with Crippen molar-refractivity contribution in [2.75, 3.05) is 6.61 Å². The van der Waals surface area contributed by atoms with E-state index in [2.05, 4.69) is 0 Å². The van der Waals surface area contributed by atoms with Crippen molar-refractivity contribution in [2.45, 2.75) is 42.2 Å². The number of hydrogen-bond acceptors (Lipinski definition) is 4. The molecule has 4 nitrogen and oxygen atoms in total. The van der Waals surface area contributed by atoms with Crippen molar-refractivity contribution in [1.29, 1.82) is 0 Å². The van der Waals surface area contributed by atoms with E-state index in [1.807, 2.05) is 0 Å². The molecule has 0 unspecified atom stereocenters. The van der Waals surface area contributed by atoms with Gasteiger partial charge in [0.25, 0.3) is 0 Å². The molecule has 1 fully saturated rings. The zero-order valence-electron chi connectivity index (χ0n) is 11.3. The monoisotopic (exact) mass is 316 g/mol. The van der Waals surface area contributed by atoms with Crippen LogP contribution in [0, 0.1) is 0 Å². The lowest BCUT2D eigenvalue weighted by Crippen LogP contribution is -2.45. The summed E-state index contributed by atoms with van der Waals surface area (Å²) in [7, 11) is -3.77. The van der Waals surface area contributed by atoms with Crippen molar-refractivity contribution in [3.05, 3.63) is 29.3 Å². The average molecular weight is 317 g/mol. The van der Waals surface area contributed by atoms with Crippen LogP contribution in [0.3, 0.4) is 0 Å². The Morgan fingerprint density at radius 2 is 1.80 bits per heavy atom. The van der Waals surface area contributed by atoms with Crippen molar-refractivity contribution >= 4 is 27.4 Å². The second kappa shape index (κ2) is 5.74. The summed E-state index contributed by atoms with van der Waals surface area (Å²) in [5.74, 6) is -0.632. The summed E-state index contributed by atoms with van der Waals surface area (Å²) >= 11 is 5.78. The second-order valence-electron chi connectivity index (χ2n) is 4.88. The van der Waals surface area contributed by atoms with Gasteiger partial charge in [-0.3, -0.25) is 4.79 Å². The van der Waals surface area contributed by atoms with Crippen molar-refractivity contribution in [1.82, 2.24) is 0 Å². The molecule has 0 spiro atoms. The highest BCUT2D eigenvalue weighted by molar-refractivity contribution is 7.93. The predicted octanol–water partition coefficient (Wildman–Crippen LogP) is 2.99. The van der Waals surface area contributed by atoms with E-state index >= 15 is 0 Å². The fourth-order valence-corrected chi connectivity index (χ4v) is 4.81. The largest absolute Gasteiger partial charge is 0.465 e. The van der Waals surface area contributed by atoms with Gasteiger partial charge in [0, 0.05) is 5.02 Å². The van der Waals surface area contributed by atoms with Gasteiger partial charge < -0.3 is 4.74 Å². The number of carbonyl (C=O) groups is 1. The lowest BCUT2D eigenvalue weighted by molar-refractivity contribution is -0.146. The van der Waals surface area contributed by atoms with Gasteiger partial charge in [-0.25, -0.2) is 8.42 Å². The Bertz CT molecular complexity index is 586. The Labute approximate surface area is 124 Å². The molecule has 1 aliphatic carbocycles. The molecule has 0 N–H and O–H groups in total. The zero-order valence-corrected chi connectivity index (χ0v) is 12.8. The molecule has 1 aromatic rings. The number of sulfone groups is 1. The average Bonchev–Trinajstić information content (AvgIpc) is 2.90. The van der Waals surface area contributed by atoms with Crippen molar-refractivity contribution < 1.29 is 17.9 Å². The van der Waals surface area contributed by atoms with Crippen LogP contribution in [-0.2, 0) is 19.4 Å². The first-order valence-electron chi connectivity index (χ1n) is 6.61. The van der Waals surface area contributed by atoms with Crippen LogP contribution in [-0.4, -0.2) is 25.7 Å². The van der Waals surface area contributed by atoms with Crippen LogP contribution in [0.25, 0.3) is 0 Å². The Balaban J connectivity index is 2.48. The number of halogens is 1. The van der Waals surface area contributed by atoms with Gasteiger partial charge in [0.1, 0.15) is 0 Å². The van der Waals surface area contributed by atoms with E-state index < -0.39 is 20.6 Å². The number of esters is 1. The van der Waals surface area contributed by atoms with E-state index in [1.165, 1.54) is 24.3 Å². The fraction of sp³-hybridized carbons (Fsp3) is 0.500. The molecular weight excluding hydrogens is 300 g/mol. The molecule has 0 bridgehead atoms. The van der Waals surface area contributed by atoms with E-state index in [9.17, 15) is 13.2 Å². The van der Waals surface area contributed by atoms with Gasteiger partial charge in [-0.1, -0.05) is 24.4 Å². The van der Waals surface area contributed by atoms with E-state index in [0.717, 1.165) is 0 Å². The third kappa shape index (κ3) is 2.44. The third-order valence-electron chi connectivity index (χ3n) is 3.70. The maximum atomic E-state index is 12.8. The maximum absolute atomic E-state index is 12.8. The van der Waals surface area contributed by atoms with Gasteiger partial charge in [-0.05, 0) is 44.0 Å². The Kier molecular flexibility index (Phi) is 4.39. The van der Waals surface area contributed by atoms with Crippen molar-refractivity contribution in [2.24, 2.45) is 0 Å². The van der Waals surface area contributed by atoms with Crippen LogP contribution in [0.2, 0.25) is 5.02 Å². The lowest BCUT2D eigenvalue weighted by atomic mass is 10.1. The summed E-state index contributed by atoms with van der Waals surface area (Å²) in [5, 5.41) is 0.459. The maximum Gasteiger partial charge on any atom is 0.327 e. The van der Waals surface area contributed by atoms with E-state index in [4.69, 9.17) is 16.3 Å². The van der Waals surface area contributed by atoms with Crippen LogP contribution in [0.1, 0.15) is 32.6 Å². The second-order valence-corrected chi connectivity index (χ2v) is 7.58. The van der Waals surface area contributed by atoms with Crippen LogP contribution in [0.5, 0.6) is 0 Å². The number of benzene rings is 1. The summed E-state index contributed by atoms with van der Waals surface area (Å²) in [6.45, 7) is 1.85. The van der Waals surface area contributed by atoms with Gasteiger partial charge in [0.05, 0.1) is 11.5 Å². The number of carbonyl (C=O) groups excluding carboxylic acids is 1. The quantitative estimate of drug-likeness (QED) is 0.801. The molecule has 110 valence electrons.